The molecule has 1 atom stereocenters. The van der Waals surface area contributed by atoms with Crippen LogP contribution >= 0.6 is 0 Å². The summed E-state index contributed by atoms with van der Waals surface area (Å²) in [5.74, 6) is -0.283. The van der Waals surface area contributed by atoms with Crippen molar-refractivity contribution in [3.63, 3.8) is 0 Å². The van der Waals surface area contributed by atoms with E-state index in [-0.39, 0.29) is 5.56 Å². The summed E-state index contributed by atoms with van der Waals surface area (Å²) in [5, 5.41) is 8.97. The molecule has 1 unspecified atom stereocenters. The second-order valence-electron chi connectivity index (χ2n) is 8.12. The van der Waals surface area contributed by atoms with Gasteiger partial charge < -0.3 is 9.64 Å². The Kier molecular flexibility index (Phi) is 5.34. The quantitative estimate of drug-likeness (QED) is 0.462. The first kappa shape index (κ1) is 20.6. The third-order valence-electron chi connectivity index (χ3n) is 6.18. The molecular formula is C23H24F2N6O. The molecule has 0 N–H and O–H groups in total. The standard InChI is InChI=1S/C23H24F2N6O/c1-15(19-11-17(24)3-4-21(19)25)29(2)22-5-8-30-23(28-22)20(13-27-30)16-12-26-31(14-16)18-6-9-32-10-7-18/h3-5,8,11-15,18H,6-7,9-10H2,1-2H3. The van der Waals surface area contributed by atoms with Gasteiger partial charge in [-0.3, -0.25) is 4.68 Å². The summed E-state index contributed by atoms with van der Waals surface area (Å²) in [6.07, 6.45) is 9.32. The molecule has 0 spiro atoms. The van der Waals surface area contributed by atoms with Gasteiger partial charge in [0, 0.05) is 49.3 Å². The molecule has 32 heavy (non-hydrogen) atoms. The van der Waals surface area contributed by atoms with E-state index < -0.39 is 17.7 Å². The van der Waals surface area contributed by atoms with Gasteiger partial charge in [0.15, 0.2) is 5.65 Å². The number of halogens is 2. The Bertz CT molecular complexity index is 1250. The van der Waals surface area contributed by atoms with Crippen LogP contribution in [0, 0.1) is 11.6 Å². The summed E-state index contributed by atoms with van der Waals surface area (Å²) in [5.41, 5.74) is 2.75. The molecule has 9 heteroatoms. The molecule has 166 valence electrons. The van der Waals surface area contributed by atoms with Crippen LogP contribution in [0.25, 0.3) is 16.8 Å². The lowest BCUT2D eigenvalue weighted by molar-refractivity contribution is 0.0662. The molecule has 0 amide bonds. The molecule has 1 saturated heterocycles. The molecular weight excluding hydrogens is 414 g/mol. The van der Waals surface area contributed by atoms with E-state index >= 15 is 0 Å². The maximum absolute atomic E-state index is 14.3. The monoisotopic (exact) mass is 438 g/mol. The zero-order valence-electron chi connectivity index (χ0n) is 17.9. The van der Waals surface area contributed by atoms with Gasteiger partial charge in [0.2, 0.25) is 0 Å². The van der Waals surface area contributed by atoms with E-state index in [0.29, 0.717) is 17.5 Å². The van der Waals surface area contributed by atoms with E-state index in [0.717, 1.165) is 49.3 Å². The first-order valence-corrected chi connectivity index (χ1v) is 10.7. The summed E-state index contributed by atoms with van der Waals surface area (Å²) < 4.78 is 37.1. The number of rotatable bonds is 5. The minimum Gasteiger partial charge on any atom is -0.381 e. The summed E-state index contributed by atoms with van der Waals surface area (Å²) in [6, 6.07) is 5.22. The molecule has 1 aliphatic rings. The van der Waals surface area contributed by atoms with Crippen LogP contribution in [0.1, 0.15) is 37.4 Å². The van der Waals surface area contributed by atoms with E-state index in [4.69, 9.17) is 9.72 Å². The molecule has 1 aromatic carbocycles. The number of aromatic nitrogens is 5. The number of nitrogens with zero attached hydrogens (tertiary/aromatic N) is 6. The molecule has 7 nitrogen and oxygen atoms in total. The molecule has 0 bridgehead atoms. The van der Waals surface area contributed by atoms with E-state index in [2.05, 4.69) is 10.2 Å². The van der Waals surface area contributed by atoms with E-state index in [1.807, 2.05) is 48.2 Å². The van der Waals surface area contributed by atoms with Gasteiger partial charge in [-0.25, -0.2) is 18.3 Å². The second kappa shape index (κ2) is 8.31. The Morgan fingerprint density at radius 2 is 1.94 bits per heavy atom. The molecule has 0 saturated carbocycles. The average molecular weight is 438 g/mol. The number of ether oxygens (including phenoxy) is 1. The van der Waals surface area contributed by atoms with Crippen molar-refractivity contribution < 1.29 is 13.5 Å². The van der Waals surface area contributed by atoms with Crippen molar-refractivity contribution in [3.8, 4) is 11.1 Å². The predicted octanol–water partition coefficient (Wildman–Crippen LogP) is 4.42. The molecule has 3 aromatic heterocycles. The van der Waals surface area contributed by atoms with Gasteiger partial charge in [0.25, 0.3) is 0 Å². The zero-order chi connectivity index (χ0) is 22.2. The lowest BCUT2D eigenvalue weighted by Gasteiger charge is -2.26. The number of hydrogen-bond donors (Lipinski definition) is 0. The summed E-state index contributed by atoms with van der Waals surface area (Å²) in [4.78, 5) is 6.60. The normalized spacial score (nSPS) is 15.9. The first-order chi connectivity index (χ1) is 15.5. The van der Waals surface area contributed by atoms with Gasteiger partial charge in [-0.1, -0.05) is 0 Å². The van der Waals surface area contributed by atoms with Crippen molar-refractivity contribution in [2.24, 2.45) is 0 Å². The molecule has 1 aliphatic heterocycles. The van der Waals surface area contributed by atoms with Gasteiger partial charge in [-0.05, 0) is 44.0 Å². The van der Waals surface area contributed by atoms with Gasteiger partial charge in [-0.2, -0.15) is 10.2 Å². The van der Waals surface area contributed by atoms with Crippen molar-refractivity contribution in [1.82, 2.24) is 24.4 Å². The SMILES string of the molecule is CC(c1cc(F)ccc1F)N(C)c1ccn2ncc(-c3cnn(C4CCOCC4)c3)c2n1. The molecule has 1 fully saturated rings. The van der Waals surface area contributed by atoms with Crippen LogP contribution < -0.4 is 4.90 Å². The van der Waals surface area contributed by atoms with Gasteiger partial charge in [-0.15, -0.1) is 0 Å². The predicted molar refractivity (Wildman–Crippen MR) is 116 cm³/mol. The number of fused-ring (bicyclic) bond motifs is 1. The number of hydrogen-bond acceptors (Lipinski definition) is 5. The van der Waals surface area contributed by atoms with Crippen LogP contribution in [0.3, 0.4) is 0 Å². The van der Waals surface area contributed by atoms with Crippen molar-refractivity contribution in [1.29, 1.82) is 0 Å². The highest BCUT2D eigenvalue weighted by molar-refractivity contribution is 5.77. The Balaban J connectivity index is 1.46. The van der Waals surface area contributed by atoms with Crippen LogP contribution in [0.2, 0.25) is 0 Å². The first-order valence-electron chi connectivity index (χ1n) is 10.7. The van der Waals surface area contributed by atoms with Crippen LogP contribution in [0.5, 0.6) is 0 Å². The minimum atomic E-state index is -0.468. The van der Waals surface area contributed by atoms with Crippen molar-refractivity contribution >= 4 is 11.5 Å². The maximum Gasteiger partial charge on any atom is 0.165 e. The van der Waals surface area contributed by atoms with E-state index in [9.17, 15) is 8.78 Å². The summed E-state index contributed by atoms with van der Waals surface area (Å²) in [6.45, 7) is 3.31. The molecule has 0 radical (unpaired) electrons. The Morgan fingerprint density at radius 1 is 1.12 bits per heavy atom. The van der Waals surface area contributed by atoms with Crippen molar-refractivity contribution in [2.75, 3.05) is 25.2 Å². The molecule has 0 aliphatic carbocycles. The average Bonchev–Trinajstić information content (AvgIpc) is 3.47. The smallest absolute Gasteiger partial charge is 0.165 e. The fourth-order valence-electron chi connectivity index (χ4n) is 4.13. The zero-order valence-corrected chi connectivity index (χ0v) is 17.9. The highest BCUT2D eigenvalue weighted by Crippen LogP contribution is 2.30. The lowest BCUT2D eigenvalue weighted by Crippen LogP contribution is -2.23. The van der Waals surface area contributed by atoms with E-state index in [1.165, 1.54) is 6.07 Å². The van der Waals surface area contributed by atoms with Crippen LogP contribution in [0.15, 0.2) is 49.1 Å². The Labute approximate surface area is 184 Å². The van der Waals surface area contributed by atoms with E-state index in [1.54, 1.807) is 10.7 Å². The molecule has 5 rings (SSSR count). The Hall–Kier alpha value is -3.33. The topological polar surface area (TPSA) is 60.5 Å². The highest BCUT2D eigenvalue weighted by Gasteiger charge is 2.21. The third kappa shape index (κ3) is 3.73. The minimum absolute atomic E-state index is 0.278. The van der Waals surface area contributed by atoms with Crippen LogP contribution in [-0.4, -0.2) is 44.6 Å². The van der Waals surface area contributed by atoms with Crippen LogP contribution in [0.4, 0.5) is 14.6 Å². The van der Waals surface area contributed by atoms with Crippen molar-refractivity contribution in [2.45, 2.75) is 31.8 Å². The molecule has 4 heterocycles. The Morgan fingerprint density at radius 3 is 2.75 bits per heavy atom. The highest BCUT2D eigenvalue weighted by atomic mass is 19.1. The fraction of sp³-hybridized carbons (Fsp3) is 0.348. The summed E-state index contributed by atoms with van der Waals surface area (Å²) in [7, 11) is 1.81. The van der Waals surface area contributed by atoms with Gasteiger partial charge in [0.05, 0.1) is 24.5 Å². The number of anilines is 1. The van der Waals surface area contributed by atoms with Crippen molar-refractivity contribution in [3.05, 3.63) is 66.3 Å². The molecule has 4 aromatic rings. The number of benzene rings is 1. The summed E-state index contributed by atoms with van der Waals surface area (Å²) >= 11 is 0. The fourth-order valence-corrected chi connectivity index (χ4v) is 4.13. The second-order valence-corrected chi connectivity index (χ2v) is 8.12. The van der Waals surface area contributed by atoms with Gasteiger partial charge >= 0.3 is 0 Å². The third-order valence-corrected chi connectivity index (χ3v) is 6.18. The lowest BCUT2D eigenvalue weighted by atomic mass is 10.1. The van der Waals surface area contributed by atoms with Gasteiger partial charge in [0.1, 0.15) is 17.5 Å². The largest absolute Gasteiger partial charge is 0.381 e. The maximum atomic E-state index is 14.3. The van der Waals surface area contributed by atoms with Crippen LogP contribution in [-0.2, 0) is 4.74 Å².